The van der Waals surface area contributed by atoms with Crippen molar-refractivity contribution in [3.63, 3.8) is 0 Å². The number of unbranched alkanes of at least 4 members (excludes halogenated alkanes) is 3. The van der Waals surface area contributed by atoms with Gasteiger partial charge < -0.3 is 19.6 Å². The third-order valence-corrected chi connectivity index (χ3v) is 4.94. The molecule has 6 atom stereocenters. The smallest absolute Gasteiger partial charge is 0.285 e. The van der Waals surface area contributed by atoms with Crippen molar-refractivity contribution in [2.75, 3.05) is 13.2 Å². The Balaban J connectivity index is 1.73. The Morgan fingerprint density at radius 1 is 1.43 bits per heavy atom. The highest BCUT2D eigenvalue weighted by atomic mass is 16.8. The molecule has 0 aromatic rings. The van der Waals surface area contributed by atoms with Gasteiger partial charge in [-0.05, 0) is 12.8 Å². The van der Waals surface area contributed by atoms with Crippen LogP contribution >= 0.6 is 0 Å². The Kier molecular flexibility index (Phi) is 4.46. The van der Waals surface area contributed by atoms with Gasteiger partial charge in [-0.15, -0.1) is 0 Å². The maximum atomic E-state index is 12.6. The van der Waals surface area contributed by atoms with Crippen molar-refractivity contribution in [2.24, 2.45) is 5.92 Å². The van der Waals surface area contributed by atoms with Crippen LogP contribution in [0.25, 0.3) is 0 Å². The topological polar surface area (TPSA) is 86.5 Å². The van der Waals surface area contributed by atoms with Gasteiger partial charge in [0.05, 0.1) is 24.7 Å². The lowest BCUT2D eigenvalue weighted by Gasteiger charge is -2.48. The minimum atomic E-state index is -1.03. The molecular formula is C14H24N2O5. The maximum Gasteiger partial charge on any atom is 0.285 e. The van der Waals surface area contributed by atoms with Gasteiger partial charge in [-0.2, -0.15) is 0 Å². The van der Waals surface area contributed by atoms with E-state index in [1.54, 1.807) is 4.90 Å². The van der Waals surface area contributed by atoms with Crippen LogP contribution in [0.2, 0.25) is 0 Å². The minimum Gasteiger partial charge on any atom is -0.599 e. The van der Waals surface area contributed by atoms with Gasteiger partial charge in [-0.3, -0.25) is 4.79 Å². The zero-order chi connectivity index (χ0) is 15.0. The number of carbonyl (C=O) groups is 1. The number of amides is 1. The lowest BCUT2D eigenvalue weighted by Crippen LogP contribution is -3.12. The number of fused-ring (bicyclic) bond motifs is 6. The lowest BCUT2D eigenvalue weighted by atomic mass is 9.81. The number of hydrogen-bond donors (Lipinski definition) is 2. The van der Waals surface area contributed by atoms with Crippen LogP contribution in [-0.2, 0) is 14.3 Å². The average Bonchev–Trinajstić information content (AvgIpc) is 2.88. The Hall–Kier alpha value is -0.730. The number of nitrogens with zero attached hydrogens (tertiary/aromatic N) is 1. The van der Waals surface area contributed by atoms with Gasteiger partial charge in [-0.1, -0.05) is 26.2 Å². The van der Waals surface area contributed by atoms with Crippen LogP contribution in [0.5, 0.6) is 0 Å². The number of rotatable bonds is 6. The molecule has 21 heavy (non-hydrogen) atoms. The molecule has 1 amide bonds. The second-order valence-corrected chi connectivity index (χ2v) is 6.25. The Labute approximate surface area is 124 Å². The van der Waals surface area contributed by atoms with E-state index in [4.69, 9.17) is 9.47 Å². The van der Waals surface area contributed by atoms with E-state index in [1.807, 2.05) is 0 Å². The first-order valence-corrected chi connectivity index (χ1v) is 7.93. The summed E-state index contributed by atoms with van der Waals surface area (Å²) in [5.74, 6) is -0.491. The average molecular weight is 300 g/mol. The Bertz CT molecular complexity index is 392. The SMILES string of the molecule is CCCCCCN1C(=O)[C@@H]([NH+]([O-])O)[C@H]2CC1[C@@H]1OCC2O1. The van der Waals surface area contributed by atoms with E-state index in [0.717, 1.165) is 25.7 Å². The second kappa shape index (κ2) is 6.18. The molecule has 0 saturated carbocycles. The number of nitrogens with one attached hydrogen (secondary N) is 1. The van der Waals surface area contributed by atoms with Crippen molar-refractivity contribution >= 4 is 5.91 Å². The van der Waals surface area contributed by atoms with Gasteiger partial charge in [0, 0.05) is 6.54 Å². The number of ether oxygens (including phenoxy) is 2. The van der Waals surface area contributed by atoms with E-state index < -0.39 is 11.3 Å². The van der Waals surface area contributed by atoms with Crippen LogP contribution < -0.4 is 5.23 Å². The minimum absolute atomic E-state index is 0.113. The van der Waals surface area contributed by atoms with Gasteiger partial charge in [0.15, 0.2) is 6.29 Å². The number of quaternary nitrogens is 1. The maximum absolute atomic E-state index is 12.6. The van der Waals surface area contributed by atoms with Crippen molar-refractivity contribution in [1.82, 2.24) is 4.90 Å². The molecule has 3 aliphatic heterocycles. The first-order chi connectivity index (χ1) is 10.1. The molecule has 3 fully saturated rings. The van der Waals surface area contributed by atoms with E-state index in [0.29, 0.717) is 19.6 Å². The highest BCUT2D eigenvalue weighted by Gasteiger charge is 2.58. The lowest BCUT2D eigenvalue weighted by molar-refractivity contribution is -1.06. The molecule has 0 aromatic heterocycles. The van der Waals surface area contributed by atoms with Gasteiger partial charge in [0.25, 0.3) is 5.91 Å². The van der Waals surface area contributed by atoms with Crippen LogP contribution in [0.3, 0.4) is 0 Å². The molecule has 0 spiro atoms. The van der Waals surface area contributed by atoms with Crippen LogP contribution in [0.15, 0.2) is 0 Å². The molecule has 0 radical (unpaired) electrons. The summed E-state index contributed by atoms with van der Waals surface area (Å²) in [6.45, 7) is 3.15. The van der Waals surface area contributed by atoms with Gasteiger partial charge >= 0.3 is 0 Å². The highest BCUT2D eigenvalue weighted by molar-refractivity contribution is 5.82. The molecule has 0 aliphatic carbocycles. The predicted octanol–water partition coefficient (Wildman–Crippen LogP) is -0.321. The summed E-state index contributed by atoms with van der Waals surface area (Å²) in [4.78, 5) is 14.3. The van der Waals surface area contributed by atoms with E-state index in [2.05, 4.69) is 6.92 Å². The molecule has 120 valence electrons. The van der Waals surface area contributed by atoms with Crippen molar-refractivity contribution in [1.29, 1.82) is 0 Å². The quantitative estimate of drug-likeness (QED) is 0.518. The molecule has 4 bridgehead atoms. The first-order valence-electron chi connectivity index (χ1n) is 7.93. The van der Waals surface area contributed by atoms with Crippen molar-refractivity contribution in [2.45, 2.75) is 63.5 Å². The number of likely N-dealkylation sites (tertiary alicyclic amines) is 1. The fraction of sp³-hybridized carbons (Fsp3) is 0.929. The largest absolute Gasteiger partial charge is 0.599 e. The monoisotopic (exact) mass is 300 g/mol. The van der Waals surface area contributed by atoms with Crippen molar-refractivity contribution in [3.8, 4) is 0 Å². The molecular weight excluding hydrogens is 276 g/mol. The van der Waals surface area contributed by atoms with Gasteiger partial charge in [0.2, 0.25) is 6.04 Å². The number of piperidine rings is 1. The standard InChI is InChI=1S/C14H24N2O5/c1-2-3-4-5-6-15-10-7-9(11-8-20-14(10)21-11)12(13(15)17)16(18)19/h9-12,14,16,18H,2-8H2,1H3/t9-,10?,11?,12-,14+/m0/s1. The highest BCUT2D eigenvalue weighted by Crippen LogP contribution is 2.39. The molecule has 0 aromatic carbocycles. The number of carbonyl (C=O) groups excluding carboxylic acids is 1. The molecule has 7 nitrogen and oxygen atoms in total. The summed E-state index contributed by atoms with van der Waals surface area (Å²) in [5.41, 5.74) is 0. The second-order valence-electron chi connectivity index (χ2n) is 6.25. The fourth-order valence-corrected chi connectivity index (χ4v) is 3.83. The zero-order valence-corrected chi connectivity index (χ0v) is 12.4. The normalized spacial score (nSPS) is 39.7. The summed E-state index contributed by atoms with van der Waals surface area (Å²) >= 11 is 0. The van der Waals surface area contributed by atoms with Gasteiger partial charge in [-0.25, -0.2) is 10.4 Å². The van der Waals surface area contributed by atoms with Crippen LogP contribution in [0.1, 0.15) is 39.0 Å². The van der Waals surface area contributed by atoms with E-state index in [9.17, 15) is 15.2 Å². The number of hydroxylamine groups is 2. The third kappa shape index (κ3) is 2.68. The van der Waals surface area contributed by atoms with Crippen LogP contribution in [-0.4, -0.2) is 53.6 Å². The summed E-state index contributed by atoms with van der Waals surface area (Å²) < 4.78 is 11.4. The molecule has 3 aliphatic rings. The molecule has 3 heterocycles. The zero-order valence-electron chi connectivity index (χ0n) is 12.4. The summed E-state index contributed by atoms with van der Waals surface area (Å²) in [7, 11) is 0. The molecule has 3 rings (SSSR count). The van der Waals surface area contributed by atoms with Gasteiger partial charge in [0.1, 0.15) is 0 Å². The predicted molar refractivity (Wildman–Crippen MR) is 72.3 cm³/mol. The van der Waals surface area contributed by atoms with E-state index in [1.165, 1.54) is 0 Å². The number of hydrogen-bond acceptors (Lipinski definition) is 5. The molecule has 3 saturated heterocycles. The van der Waals surface area contributed by atoms with Crippen molar-refractivity contribution < 1.29 is 24.7 Å². The van der Waals surface area contributed by atoms with E-state index >= 15 is 0 Å². The van der Waals surface area contributed by atoms with Crippen LogP contribution in [0.4, 0.5) is 0 Å². The first kappa shape index (κ1) is 15.2. The van der Waals surface area contributed by atoms with E-state index in [-0.39, 0.29) is 30.3 Å². The van der Waals surface area contributed by atoms with Crippen LogP contribution in [0, 0.1) is 11.1 Å². The molecule has 3 unspecified atom stereocenters. The molecule has 7 heteroatoms. The molecule has 2 N–H and O–H groups in total. The Morgan fingerprint density at radius 3 is 2.95 bits per heavy atom. The summed E-state index contributed by atoms with van der Waals surface area (Å²) in [6.07, 6.45) is 4.32. The summed E-state index contributed by atoms with van der Waals surface area (Å²) in [6, 6.07) is -1.08. The summed E-state index contributed by atoms with van der Waals surface area (Å²) in [5, 5.41) is 19.9. The van der Waals surface area contributed by atoms with Crippen molar-refractivity contribution in [3.05, 3.63) is 5.21 Å². The fourth-order valence-electron chi connectivity index (χ4n) is 3.83. The third-order valence-electron chi connectivity index (χ3n) is 4.94. The Morgan fingerprint density at radius 2 is 2.24 bits per heavy atom.